The maximum atomic E-state index is 10.8. The summed E-state index contributed by atoms with van der Waals surface area (Å²) in [6.07, 6.45) is -1.54. The van der Waals surface area contributed by atoms with Crippen LogP contribution in [0.2, 0.25) is 0 Å². The molecule has 0 bridgehead atoms. The van der Waals surface area contributed by atoms with E-state index in [1.807, 2.05) is 0 Å². The normalized spacial score (nSPS) is 28.1. The molecule has 0 aromatic carbocycles. The lowest BCUT2D eigenvalue weighted by Gasteiger charge is -2.16. The Morgan fingerprint density at radius 2 is 2.18 bits per heavy atom. The first-order valence-electron chi connectivity index (χ1n) is 6.57. The molecule has 4 N–H and O–H groups in total. The Kier molecular flexibility index (Phi) is 3.64. The number of aromatic nitrogens is 4. The third-order valence-electron chi connectivity index (χ3n) is 3.45. The van der Waals surface area contributed by atoms with Gasteiger partial charge < -0.3 is 25.4 Å². The molecular weight excluding hydrogens is 294 g/mol. The van der Waals surface area contributed by atoms with Gasteiger partial charge in [0.15, 0.2) is 17.7 Å². The van der Waals surface area contributed by atoms with Crippen LogP contribution < -0.4 is 5.73 Å². The molecule has 2 aromatic heterocycles. The van der Waals surface area contributed by atoms with Gasteiger partial charge in [0.2, 0.25) is 0 Å². The van der Waals surface area contributed by atoms with Crippen molar-refractivity contribution >= 4 is 23.0 Å². The number of carbonyl (C=O) groups excluding carboxylic acids is 1. The largest absolute Gasteiger partial charge is 0.463 e. The second kappa shape index (κ2) is 5.48. The van der Waals surface area contributed by atoms with Crippen LogP contribution in [0.4, 0.5) is 5.82 Å². The molecule has 1 saturated heterocycles. The van der Waals surface area contributed by atoms with Crippen LogP contribution in [0.25, 0.3) is 11.2 Å². The van der Waals surface area contributed by atoms with E-state index in [0.717, 1.165) is 0 Å². The van der Waals surface area contributed by atoms with Crippen molar-refractivity contribution in [2.45, 2.75) is 31.5 Å². The van der Waals surface area contributed by atoms with Crippen molar-refractivity contribution in [1.29, 1.82) is 0 Å². The second-order valence-corrected chi connectivity index (χ2v) is 4.93. The zero-order valence-corrected chi connectivity index (χ0v) is 11.7. The molecule has 1 aliphatic rings. The maximum absolute atomic E-state index is 10.8. The molecule has 0 unspecified atom stereocenters. The van der Waals surface area contributed by atoms with Gasteiger partial charge in [-0.05, 0) is 0 Å². The molecule has 0 aliphatic carbocycles. The number of anilines is 1. The Morgan fingerprint density at radius 1 is 1.41 bits per heavy atom. The van der Waals surface area contributed by atoms with Crippen LogP contribution in [0.5, 0.6) is 0 Å². The Bertz CT molecular complexity index is 704. The Morgan fingerprint density at radius 3 is 2.91 bits per heavy atom. The predicted octanol–water partition coefficient (Wildman–Crippen LogP) is -1.41. The average molecular weight is 309 g/mol. The molecule has 22 heavy (non-hydrogen) atoms. The Hall–Kier alpha value is -2.30. The molecule has 118 valence electrons. The highest BCUT2D eigenvalue weighted by Gasteiger charge is 2.44. The first-order chi connectivity index (χ1) is 10.5. The fourth-order valence-electron chi connectivity index (χ4n) is 2.35. The maximum Gasteiger partial charge on any atom is 0.302 e. The zero-order chi connectivity index (χ0) is 15.9. The van der Waals surface area contributed by atoms with E-state index in [1.165, 1.54) is 24.1 Å². The SMILES string of the molecule is CC(=O)OC[C@H]1O[C@@H](n2cnc3c(N)ncnc32)[C@@H](O)[C@@H]1O. The first kappa shape index (κ1) is 14.6. The van der Waals surface area contributed by atoms with Crippen molar-refractivity contribution in [3.05, 3.63) is 12.7 Å². The molecule has 3 heterocycles. The number of rotatable bonds is 3. The number of esters is 1. The van der Waals surface area contributed by atoms with Crippen LogP contribution in [-0.2, 0) is 14.3 Å². The highest BCUT2D eigenvalue weighted by Crippen LogP contribution is 2.32. The molecule has 0 spiro atoms. The van der Waals surface area contributed by atoms with Crippen molar-refractivity contribution in [3.8, 4) is 0 Å². The molecule has 1 fully saturated rings. The van der Waals surface area contributed by atoms with Gasteiger partial charge in [0.05, 0.1) is 6.33 Å². The summed E-state index contributed by atoms with van der Waals surface area (Å²) in [5.74, 6) is -0.296. The van der Waals surface area contributed by atoms with Crippen LogP contribution >= 0.6 is 0 Å². The fourth-order valence-corrected chi connectivity index (χ4v) is 2.35. The molecule has 0 amide bonds. The van der Waals surface area contributed by atoms with Gasteiger partial charge in [-0.25, -0.2) is 15.0 Å². The van der Waals surface area contributed by atoms with Gasteiger partial charge >= 0.3 is 5.97 Å². The Labute approximate surface area is 124 Å². The molecule has 10 nitrogen and oxygen atoms in total. The second-order valence-electron chi connectivity index (χ2n) is 4.93. The summed E-state index contributed by atoms with van der Waals surface area (Å²) in [5.41, 5.74) is 6.44. The van der Waals surface area contributed by atoms with Gasteiger partial charge in [0.25, 0.3) is 0 Å². The van der Waals surface area contributed by atoms with E-state index in [0.29, 0.717) is 11.2 Å². The van der Waals surface area contributed by atoms with Gasteiger partial charge in [-0.3, -0.25) is 9.36 Å². The standard InChI is InChI=1S/C12H15N5O5/c1-5(18)21-2-6-8(19)9(20)12(22-6)17-4-16-7-10(13)14-3-15-11(7)17/h3-4,6,8-9,12,19-20H,2H2,1H3,(H2,13,14,15)/t6-,8-,9+,12-/m1/s1. The minimum atomic E-state index is -1.23. The first-order valence-corrected chi connectivity index (χ1v) is 6.57. The molecule has 0 saturated carbocycles. The van der Waals surface area contributed by atoms with E-state index in [9.17, 15) is 15.0 Å². The van der Waals surface area contributed by atoms with E-state index in [1.54, 1.807) is 0 Å². The van der Waals surface area contributed by atoms with Gasteiger partial charge in [-0.1, -0.05) is 0 Å². The number of hydrogen-bond donors (Lipinski definition) is 3. The molecule has 1 aliphatic heterocycles. The van der Waals surface area contributed by atoms with Gasteiger partial charge in [-0.15, -0.1) is 0 Å². The highest BCUT2D eigenvalue weighted by atomic mass is 16.6. The quantitative estimate of drug-likeness (QED) is 0.582. The van der Waals surface area contributed by atoms with Crippen LogP contribution in [0.15, 0.2) is 12.7 Å². The van der Waals surface area contributed by atoms with Crippen LogP contribution in [0.1, 0.15) is 13.2 Å². The number of imidazole rings is 1. The van der Waals surface area contributed by atoms with Gasteiger partial charge in [0.1, 0.15) is 36.8 Å². The summed E-state index contributed by atoms with van der Waals surface area (Å²) in [7, 11) is 0. The van der Waals surface area contributed by atoms with Crippen molar-refractivity contribution in [1.82, 2.24) is 19.5 Å². The predicted molar refractivity (Wildman–Crippen MR) is 72.3 cm³/mol. The van der Waals surface area contributed by atoms with E-state index in [2.05, 4.69) is 15.0 Å². The van der Waals surface area contributed by atoms with Crippen molar-refractivity contribution in [2.75, 3.05) is 12.3 Å². The number of aliphatic hydroxyl groups is 2. The Balaban J connectivity index is 1.87. The number of nitrogens with zero attached hydrogens (tertiary/aromatic N) is 4. The third-order valence-corrected chi connectivity index (χ3v) is 3.45. The topological polar surface area (TPSA) is 146 Å². The molecule has 0 radical (unpaired) electrons. The zero-order valence-electron chi connectivity index (χ0n) is 11.7. The van der Waals surface area contributed by atoms with Crippen LogP contribution in [0, 0.1) is 0 Å². The lowest BCUT2D eigenvalue weighted by atomic mass is 10.1. The molecule has 4 atom stereocenters. The van der Waals surface area contributed by atoms with Crippen LogP contribution in [0.3, 0.4) is 0 Å². The van der Waals surface area contributed by atoms with E-state index in [4.69, 9.17) is 15.2 Å². The number of hydrogen-bond acceptors (Lipinski definition) is 9. The summed E-state index contributed by atoms with van der Waals surface area (Å²) in [4.78, 5) is 22.8. The van der Waals surface area contributed by atoms with Gasteiger partial charge in [0, 0.05) is 6.92 Å². The fraction of sp³-hybridized carbons (Fsp3) is 0.500. The number of fused-ring (bicyclic) bond motifs is 1. The number of carbonyl (C=O) groups is 1. The highest BCUT2D eigenvalue weighted by molar-refractivity contribution is 5.81. The third kappa shape index (κ3) is 2.36. The molecular formula is C12H15N5O5. The number of nitrogens with two attached hydrogens (primary N) is 1. The summed E-state index contributed by atoms with van der Waals surface area (Å²) in [6.45, 7) is 1.09. The smallest absolute Gasteiger partial charge is 0.302 e. The monoisotopic (exact) mass is 309 g/mol. The molecule has 10 heteroatoms. The number of ether oxygens (including phenoxy) is 2. The summed E-state index contributed by atoms with van der Waals surface area (Å²) < 4.78 is 11.8. The van der Waals surface area contributed by atoms with E-state index < -0.39 is 30.5 Å². The summed E-state index contributed by atoms with van der Waals surface area (Å²) >= 11 is 0. The number of nitrogen functional groups attached to an aromatic ring is 1. The van der Waals surface area contributed by atoms with Crippen LogP contribution in [-0.4, -0.2) is 60.6 Å². The summed E-state index contributed by atoms with van der Waals surface area (Å²) in [6, 6.07) is 0. The van der Waals surface area contributed by atoms with E-state index in [-0.39, 0.29) is 12.4 Å². The van der Waals surface area contributed by atoms with Crippen molar-refractivity contribution in [2.24, 2.45) is 0 Å². The molecule has 2 aromatic rings. The number of aliphatic hydroxyl groups excluding tert-OH is 2. The van der Waals surface area contributed by atoms with Crippen molar-refractivity contribution < 1.29 is 24.5 Å². The summed E-state index contributed by atoms with van der Waals surface area (Å²) in [5, 5.41) is 20.2. The average Bonchev–Trinajstić information content (AvgIpc) is 3.01. The van der Waals surface area contributed by atoms with E-state index >= 15 is 0 Å². The minimum Gasteiger partial charge on any atom is -0.463 e. The van der Waals surface area contributed by atoms with Gasteiger partial charge in [-0.2, -0.15) is 0 Å². The lowest BCUT2D eigenvalue weighted by Crippen LogP contribution is -2.34. The molecule has 3 rings (SSSR count). The van der Waals surface area contributed by atoms with Crippen molar-refractivity contribution in [3.63, 3.8) is 0 Å². The minimum absolute atomic E-state index is 0.159. The lowest BCUT2D eigenvalue weighted by molar-refractivity contribution is -0.147.